The van der Waals surface area contributed by atoms with E-state index in [1.807, 2.05) is 0 Å². The third-order valence-electron chi connectivity index (χ3n) is 2.48. The molecule has 0 aliphatic heterocycles. The summed E-state index contributed by atoms with van der Waals surface area (Å²) < 4.78 is 0. The third kappa shape index (κ3) is 4.40. The largest absolute Gasteiger partial charge is 0.480 e. The first-order valence-corrected chi connectivity index (χ1v) is 6.34. The van der Waals surface area contributed by atoms with Gasteiger partial charge >= 0.3 is 5.97 Å². The second-order valence-corrected chi connectivity index (χ2v) is 4.76. The second kappa shape index (κ2) is 7.12. The van der Waals surface area contributed by atoms with Gasteiger partial charge in [0.25, 0.3) is 5.91 Å². The van der Waals surface area contributed by atoms with Gasteiger partial charge in [-0.1, -0.05) is 29.3 Å². The van der Waals surface area contributed by atoms with Gasteiger partial charge in [0.05, 0.1) is 15.6 Å². The highest BCUT2D eigenvalue weighted by molar-refractivity contribution is 6.43. The van der Waals surface area contributed by atoms with Gasteiger partial charge in [-0.05, 0) is 18.6 Å². The average Bonchev–Trinajstić information content (AvgIpc) is 2.36. The summed E-state index contributed by atoms with van der Waals surface area (Å²) in [6, 6.07) is 3.20. The van der Waals surface area contributed by atoms with Crippen LogP contribution in [0.2, 0.25) is 10.0 Å². The highest BCUT2D eigenvalue weighted by atomic mass is 35.5. The van der Waals surface area contributed by atoms with Crippen molar-refractivity contribution < 1.29 is 19.5 Å². The summed E-state index contributed by atoms with van der Waals surface area (Å²) in [6.45, 7) is 0. The zero-order chi connectivity index (χ0) is 15.3. The molecule has 0 aliphatic rings. The number of carbonyl (C=O) groups excluding carboxylic acids is 2. The molecular formula is C12H12Cl2N2O4. The number of benzene rings is 1. The lowest BCUT2D eigenvalue weighted by molar-refractivity contribution is -0.139. The molecule has 20 heavy (non-hydrogen) atoms. The Balaban J connectivity index is 2.83. The van der Waals surface area contributed by atoms with Crippen LogP contribution in [0.5, 0.6) is 0 Å². The highest BCUT2D eigenvalue weighted by Crippen LogP contribution is 2.25. The van der Waals surface area contributed by atoms with Crippen molar-refractivity contribution in [2.75, 3.05) is 0 Å². The molecule has 0 bridgehead atoms. The van der Waals surface area contributed by atoms with Crippen molar-refractivity contribution in [1.82, 2.24) is 5.32 Å². The van der Waals surface area contributed by atoms with Crippen LogP contribution in [0.15, 0.2) is 18.2 Å². The quantitative estimate of drug-likeness (QED) is 0.737. The molecule has 8 heteroatoms. The van der Waals surface area contributed by atoms with Gasteiger partial charge in [0.15, 0.2) is 0 Å². The molecule has 0 fully saturated rings. The molecule has 2 amide bonds. The Kier molecular flexibility index (Phi) is 5.79. The Labute approximate surface area is 124 Å². The van der Waals surface area contributed by atoms with E-state index in [1.165, 1.54) is 18.2 Å². The summed E-state index contributed by atoms with van der Waals surface area (Å²) in [5, 5.41) is 11.5. The number of primary amides is 1. The predicted molar refractivity (Wildman–Crippen MR) is 73.8 cm³/mol. The van der Waals surface area contributed by atoms with Gasteiger partial charge in [-0.15, -0.1) is 0 Å². The Bertz CT molecular complexity index is 548. The van der Waals surface area contributed by atoms with Crippen LogP contribution < -0.4 is 11.1 Å². The zero-order valence-electron chi connectivity index (χ0n) is 10.2. The molecule has 4 N–H and O–H groups in total. The topological polar surface area (TPSA) is 109 Å². The maximum absolute atomic E-state index is 11.9. The molecule has 1 aromatic rings. The number of carboxylic acids is 1. The first-order chi connectivity index (χ1) is 9.32. The van der Waals surface area contributed by atoms with E-state index in [1.54, 1.807) is 0 Å². The zero-order valence-corrected chi connectivity index (χ0v) is 11.7. The molecule has 1 rings (SSSR count). The number of hydrogen-bond acceptors (Lipinski definition) is 3. The molecule has 1 atom stereocenters. The number of hydrogen-bond donors (Lipinski definition) is 3. The van der Waals surface area contributed by atoms with Crippen molar-refractivity contribution in [3.05, 3.63) is 33.8 Å². The van der Waals surface area contributed by atoms with Crippen LogP contribution in [-0.4, -0.2) is 28.9 Å². The molecule has 0 radical (unpaired) electrons. The number of rotatable bonds is 6. The summed E-state index contributed by atoms with van der Waals surface area (Å²) >= 11 is 11.6. The number of nitrogens with two attached hydrogens (primary N) is 1. The van der Waals surface area contributed by atoms with Gasteiger partial charge in [-0.25, -0.2) is 4.79 Å². The van der Waals surface area contributed by atoms with Crippen LogP contribution in [0.1, 0.15) is 23.2 Å². The van der Waals surface area contributed by atoms with Crippen LogP contribution in [0.25, 0.3) is 0 Å². The van der Waals surface area contributed by atoms with E-state index in [0.29, 0.717) is 0 Å². The number of nitrogens with one attached hydrogen (secondary N) is 1. The number of carbonyl (C=O) groups is 3. The summed E-state index contributed by atoms with van der Waals surface area (Å²) in [7, 11) is 0. The Morgan fingerprint density at radius 3 is 2.50 bits per heavy atom. The molecule has 108 valence electrons. The Hall–Kier alpha value is -1.79. The molecule has 6 nitrogen and oxygen atoms in total. The molecule has 0 saturated heterocycles. The smallest absolute Gasteiger partial charge is 0.326 e. The van der Waals surface area contributed by atoms with Crippen LogP contribution in [0.3, 0.4) is 0 Å². The van der Waals surface area contributed by atoms with E-state index in [-0.39, 0.29) is 28.5 Å². The van der Waals surface area contributed by atoms with Crippen molar-refractivity contribution in [2.45, 2.75) is 18.9 Å². The minimum absolute atomic E-state index is 0.0331. The van der Waals surface area contributed by atoms with Crippen molar-refractivity contribution in [3.8, 4) is 0 Å². The lowest BCUT2D eigenvalue weighted by atomic mass is 10.1. The van der Waals surface area contributed by atoms with Crippen molar-refractivity contribution in [1.29, 1.82) is 0 Å². The average molecular weight is 319 g/mol. The monoisotopic (exact) mass is 318 g/mol. The lowest BCUT2D eigenvalue weighted by Gasteiger charge is -2.14. The minimum atomic E-state index is -1.27. The predicted octanol–water partition coefficient (Wildman–Crippen LogP) is 1.44. The highest BCUT2D eigenvalue weighted by Gasteiger charge is 2.22. The molecule has 0 heterocycles. The summed E-state index contributed by atoms with van der Waals surface area (Å²) in [5.41, 5.74) is 5.00. The van der Waals surface area contributed by atoms with Crippen molar-refractivity contribution in [3.63, 3.8) is 0 Å². The van der Waals surface area contributed by atoms with Gasteiger partial charge in [0.1, 0.15) is 6.04 Å². The Morgan fingerprint density at radius 2 is 1.95 bits per heavy atom. The number of halogens is 2. The van der Waals surface area contributed by atoms with E-state index in [9.17, 15) is 14.4 Å². The number of aliphatic carboxylic acids is 1. The van der Waals surface area contributed by atoms with E-state index < -0.39 is 23.8 Å². The molecule has 0 saturated carbocycles. The fourth-order valence-electron chi connectivity index (χ4n) is 1.46. The SMILES string of the molecule is NC(=O)CC[C@H](NC(=O)c1cccc(Cl)c1Cl)C(=O)O. The van der Waals surface area contributed by atoms with Gasteiger partial charge < -0.3 is 16.2 Å². The molecule has 0 aromatic heterocycles. The van der Waals surface area contributed by atoms with E-state index in [2.05, 4.69) is 5.32 Å². The minimum Gasteiger partial charge on any atom is -0.480 e. The van der Waals surface area contributed by atoms with Crippen LogP contribution in [0, 0.1) is 0 Å². The fraction of sp³-hybridized carbons (Fsp3) is 0.250. The van der Waals surface area contributed by atoms with Gasteiger partial charge in [0.2, 0.25) is 5.91 Å². The van der Waals surface area contributed by atoms with Crippen LogP contribution in [0.4, 0.5) is 0 Å². The lowest BCUT2D eigenvalue weighted by Crippen LogP contribution is -2.41. The molecule has 0 aliphatic carbocycles. The van der Waals surface area contributed by atoms with E-state index in [0.717, 1.165) is 0 Å². The summed E-state index contributed by atoms with van der Waals surface area (Å²) in [6.07, 6.45) is -0.255. The van der Waals surface area contributed by atoms with E-state index >= 15 is 0 Å². The molecular weight excluding hydrogens is 307 g/mol. The molecule has 0 spiro atoms. The first kappa shape index (κ1) is 16.3. The first-order valence-electron chi connectivity index (χ1n) is 5.59. The van der Waals surface area contributed by atoms with Crippen LogP contribution in [-0.2, 0) is 9.59 Å². The molecule has 0 unspecified atom stereocenters. The maximum atomic E-state index is 11.9. The third-order valence-corrected chi connectivity index (χ3v) is 3.30. The summed E-state index contributed by atoms with van der Waals surface area (Å²) in [4.78, 5) is 33.6. The van der Waals surface area contributed by atoms with E-state index in [4.69, 9.17) is 34.0 Å². The van der Waals surface area contributed by atoms with Gasteiger partial charge in [-0.3, -0.25) is 9.59 Å². The van der Waals surface area contributed by atoms with Gasteiger partial charge in [0, 0.05) is 6.42 Å². The fourth-order valence-corrected chi connectivity index (χ4v) is 1.85. The van der Waals surface area contributed by atoms with Crippen molar-refractivity contribution >= 4 is 41.0 Å². The van der Waals surface area contributed by atoms with Crippen LogP contribution >= 0.6 is 23.2 Å². The van der Waals surface area contributed by atoms with Crippen molar-refractivity contribution in [2.24, 2.45) is 5.73 Å². The normalized spacial score (nSPS) is 11.7. The standard InChI is InChI=1S/C12H12Cl2N2O4/c13-7-3-1-2-6(10(7)14)11(18)16-8(12(19)20)4-5-9(15)17/h1-3,8H,4-5H2,(H2,15,17)(H,16,18)(H,19,20)/t8-/m0/s1. The Morgan fingerprint density at radius 1 is 1.30 bits per heavy atom. The number of carboxylic acid groups (broad SMARTS) is 1. The second-order valence-electron chi connectivity index (χ2n) is 3.97. The maximum Gasteiger partial charge on any atom is 0.326 e. The van der Waals surface area contributed by atoms with Gasteiger partial charge in [-0.2, -0.15) is 0 Å². The summed E-state index contributed by atoms with van der Waals surface area (Å²) in [5.74, 6) is -2.60. The number of amides is 2. The molecule has 1 aromatic carbocycles.